The van der Waals surface area contributed by atoms with Crippen molar-refractivity contribution in [3.05, 3.63) is 158 Å². The Kier molecular flexibility index (Phi) is 4.96. The van der Waals surface area contributed by atoms with E-state index in [2.05, 4.69) is 172 Å². The number of nitrogens with zero attached hydrogens (tertiary/aromatic N) is 4. The lowest BCUT2D eigenvalue weighted by Crippen LogP contribution is -2.14. The predicted molar refractivity (Wildman–Crippen MR) is 187 cm³/mol. The molecule has 45 heavy (non-hydrogen) atoms. The first-order valence-corrected chi connectivity index (χ1v) is 15.3. The zero-order valence-corrected chi connectivity index (χ0v) is 24.3. The Morgan fingerprint density at radius 2 is 1.13 bits per heavy atom. The summed E-state index contributed by atoms with van der Waals surface area (Å²) in [4.78, 5) is 7.68. The average molecular weight is 575 g/mol. The lowest BCUT2D eigenvalue weighted by molar-refractivity contribution is 1.05. The molecule has 0 aliphatic carbocycles. The standard InChI is InChI=1S/C41H26N4/c1-2-13-28(14-3-1)43-35-19-9-6-16-31(35)32-24-23-29(26-39(32)43)44-36-20-10-7-17-33(36)40-30-15-5-4-12-27(30)22-25-38(40)45-37-21-11-8-18-34(37)42-41(44)45/h1-26H. The number of imidazole rings is 1. The highest BCUT2D eigenvalue weighted by atomic mass is 15.3. The van der Waals surface area contributed by atoms with Gasteiger partial charge in [0.15, 0.2) is 0 Å². The van der Waals surface area contributed by atoms with Crippen molar-refractivity contribution in [2.75, 3.05) is 4.90 Å². The van der Waals surface area contributed by atoms with Crippen LogP contribution >= 0.6 is 0 Å². The maximum Gasteiger partial charge on any atom is 0.220 e. The Bertz CT molecular complexity index is 2610. The fraction of sp³-hybridized carbons (Fsp3) is 0. The van der Waals surface area contributed by atoms with E-state index in [1.165, 1.54) is 38.2 Å². The molecule has 1 aliphatic heterocycles. The molecule has 0 amide bonds. The molecule has 2 aromatic heterocycles. The largest absolute Gasteiger partial charge is 0.309 e. The molecule has 0 saturated carbocycles. The van der Waals surface area contributed by atoms with Crippen LogP contribution in [0, 0.1) is 0 Å². The molecule has 0 unspecified atom stereocenters. The van der Waals surface area contributed by atoms with E-state index in [0.717, 1.165) is 45.2 Å². The van der Waals surface area contributed by atoms with E-state index in [1.54, 1.807) is 0 Å². The van der Waals surface area contributed by atoms with Gasteiger partial charge in [-0.05, 0) is 65.4 Å². The third-order valence-corrected chi connectivity index (χ3v) is 9.24. The van der Waals surface area contributed by atoms with Crippen molar-refractivity contribution in [3.8, 4) is 22.5 Å². The number of para-hydroxylation sites is 5. The predicted octanol–water partition coefficient (Wildman–Crippen LogP) is 10.7. The van der Waals surface area contributed by atoms with Gasteiger partial charge < -0.3 is 4.57 Å². The van der Waals surface area contributed by atoms with Crippen LogP contribution in [0.2, 0.25) is 0 Å². The zero-order valence-electron chi connectivity index (χ0n) is 24.3. The van der Waals surface area contributed by atoms with Crippen LogP contribution in [0.3, 0.4) is 0 Å². The summed E-state index contributed by atoms with van der Waals surface area (Å²) in [6.45, 7) is 0. The molecule has 3 heterocycles. The monoisotopic (exact) mass is 574 g/mol. The van der Waals surface area contributed by atoms with E-state index in [1.807, 2.05) is 0 Å². The molecule has 210 valence electrons. The van der Waals surface area contributed by atoms with Gasteiger partial charge in [-0.25, -0.2) is 4.98 Å². The van der Waals surface area contributed by atoms with E-state index in [9.17, 15) is 0 Å². The summed E-state index contributed by atoms with van der Waals surface area (Å²) in [5, 5.41) is 4.92. The Labute approximate surface area is 259 Å². The average Bonchev–Trinajstić information content (AvgIpc) is 3.60. The van der Waals surface area contributed by atoms with Gasteiger partial charge in [-0.3, -0.25) is 9.47 Å². The highest BCUT2D eigenvalue weighted by Gasteiger charge is 2.30. The number of rotatable bonds is 2. The minimum Gasteiger partial charge on any atom is -0.309 e. The van der Waals surface area contributed by atoms with Crippen molar-refractivity contribution >= 4 is 60.9 Å². The molecule has 0 N–H and O–H groups in total. The molecule has 0 spiro atoms. The Morgan fingerprint density at radius 3 is 2.04 bits per heavy atom. The second-order valence-electron chi connectivity index (χ2n) is 11.7. The number of benzene rings is 7. The number of hydrogen-bond donors (Lipinski definition) is 0. The molecule has 0 saturated heterocycles. The van der Waals surface area contributed by atoms with Crippen LogP contribution in [0.1, 0.15) is 0 Å². The van der Waals surface area contributed by atoms with Gasteiger partial charge in [-0.1, -0.05) is 103 Å². The molecule has 4 heteroatoms. The number of anilines is 3. The maximum absolute atomic E-state index is 5.33. The Morgan fingerprint density at radius 1 is 0.422 bits per heavy atom. The van der Waals surface area contributed by atoms with Gasteiger partial charge in [0.05, 0.1) is 39.1 Å². The Hall–Kier alpha value is -6.13. The summed E-state index contributed by atoms with van der Waals surface area (Å²) in [5.41, 5.74) is 11.2. The van der Waals surface area contributed by atoms with Crippen LogP contribution in [0.25, 0.3) is 66.1 Å². The molecule has 0 fully saturated rings. The Balaban J connectivity index is 1.34. The number of aromatic nitrogens is 3. The smallest absolute Gasteiger partial charge is 0.220 e. The van der Waals surface area contributed by atoms with Gasteiger partial charge in [-0.15, -0.1) is 0 Å². The fourth-order valence-electron chi connectivity index (χ4n) is 7.33. The van der Waals surface area contributed by atoms with Crippen LogP contribution < -0.4 is 4.90 Å². The quantitative estimate of drug-likeness (QED) is 0.205. The van der Waals surface area contributed by atoms with E-state index in [-0.39, 0.29) is 0 Å². The van der Waals surface area contributed by atoms with Crippen LogP contribution in [0.15, 0.2) is 158 Å². The van der Waals surface area contributed by atoms with Crippen molar-refractivity contribution in [1.29, 1.82) is 0 Å². The van der Waals surface area contributed by atoms with E-state index in [4.69, 9.17) is 4.98 Å². The third kappa shape index (κ3) is 3.39. The lowest BCUT2D eigenvalue weighted by atomic mass is 9.95. The summed E-state index contributed by atoms with van der Waals surface area (Å²) in [5.74, 6) is 0.874. The lowest BCUT2D eigenvalue weighted by Gasteiger charge is -2.25. The summed E-state index contributed by atoms with van der Waals surface area (Å²) in [7, 11) is 0. The van der Waals surface area contributed by atoms with Gasteiger partial charge in [0, 0.05) is 27.6 Å². The van der Waals surface area contributed by atoms with Gasteiger partial charge in [-0.2, -0.15) is 0 Å². The van der Waals surface area contributed by atoms with E-state index in [0.29, 0.717) is 0 Å². The van der Waals surface area contributed by atoms with Crippen LogP contribution in [-0.2, 0) is 0 Å². The molecule has 0 atom stereocenters. The van der Waals surface area contributed by atoms with Crippen LogP contribution in [-0.4, -0.2) is 14.1 Å². The van der Waals surface area contributed by atoms with Crippen molar-refractivity contribution in [1.82, 2.24) is 14.1 Å². The minimum atomic E-state index is 0.874. The van der Waals surface area contributed by atoms with Crippen LogP contribution in [0.5, 0.6) is 0 Å². The van der Waals surface area contributed by atoms with Crippen molar-refractivity contribution in [2.24, 2.45) is 0 Å². The summed E-state index contributed by atoms with van der Waals surface area (Å²) < 4.78 is 4.72. The molecule has 7 aromatic carbocycles. The first kappa shape index (κ1) is 24.3. The van der Waals surface area contributed by atoms with Gasteiger partial charge in [0.2, 0.25) is 5.95 Å². The van der Waals surface area contributed by atoms with E-state index >= 15 is 0 Å². The summed E-state index contributed by atoms with van der Waals surface area (Å²) in [6.07, 6.45) is 0. The zero-order chi connectivity index (χ0) is 29.5. The van der Waals surface area contributed by atoms with Gasteiger partial charge in [0.25, 0.3) is 0 Å². The van der Waals surface area contributed by atoms with Gasteiger partial charge in [0.1, 0.15) is 0 Å². The second kappa shape index (κ2) is 9.18. The molecule has 9 aromatic rings. The highest BCUT2D eigenvalue weighted by Crippen LogP contribution is 2.50. The normalized spacial score (nSPS) is 12.4. The molecule has 4 nitrogen and oxygen atoms in total. The number of fused-ring (bicyclic) bond motifs is 12. The summed E-state index contributed by atoms with van der Waals surface area (Å²) in [6, 6.07) is 56.6. The SMILES string of the molecule is c1ccc(-n2c3ccccc3c3ccc(N4c5ccccc5-c5c(ccc6ccccc56)-n5c4nc4ccccc45)cc32)cc1. The first-order valence-electron chi connectivity index (χ1n) is 15.3. The minimum absolute atomic E-state index is 0.874. The van der Waals surface area contributed by atoms with Crippen molar-refractivity contribution in [2.45, 2.75) is 0 Å². The van der Waals surface area contributed by atoms with Crippen LogP contribution in [0.4, 0.5) is 17.3 Å². The summed E-state index contributed by atoms with van der Waals surface area (Å²) >= 11 is 0. The second-order valence-corrected chi connectivity index (χ2v) is 11.7. The van der Waals surface area contributed by atoms with Crippen molar-refractivity contribution < 1.29 is 0 Å². The third-order valence-electron chi connectivity index (χ3n) is 9.24. The molecule has 10 rings (SSSR count). The molecule has 0 radical (unpaired) electrons. The highest BCUT2D eigenvalue weighted by molar-refractivity contribution is 6.11. The number of hydrogen-bond acceptors (Lipinski definition) is 2. The van der Waals surface area contributed by atoms with Gasteiger partial charge >= 0.3 is 0 Å². The topological polar surface area (TPSA) is 26.0 Å². The molecular weight excluding hydrogens is 548 g/mol. The van der Waals surface area contributed by atoms with Crippen molar-refractivity contribution in [3.63, 3.8) is 0 Å². The first-order chi connectivity index (χ1) is 22.3. The molecule has 0 bridgehead atoms. The molecule has 1 aliphatic rings. The maximum atomic E-state index is 5.33. The molecular formula is C41H26N4. The van der Waals surface area contributed by atoms with E-state index < -0.39 is 0 Å². The fourth-order valence-corrected chi connectivity index (χ4v) is 7.33.